The Hall–Kier alpha value is -1.72. The average Bonchev–Trinajstić information content (AvgIpc) is 2.98. The second-order valence-electron chi connectivity index (χ2n) is 4.84. The zero-order valence-corrected chi connectivity index (χ0v) is 12.2. The highest BCUT2D eigenvalue weighted by molar-refractivity contribution is 5.53. The van der Waals surface area contributed by atoms with Gasteiger partial charge in [0.2, 0.25) is 5.82 Å². The van der Waals surface area contributed by atoms with Gasteiger partial charge in [0.1, 0.15) is 5.60 Å². The zero-order valence-electron chi connectivity index (χ0n) is 12.2. The number of benzene rings is 1. The Bertz CT molecular complexity index is 551. The molecule has 5 heteroatoms. The van der Waals surface area contributed by atoms with Gasteiger partial charge in [-0.2, -0.15) is 4.98 Å². The quantitative estimate of drug-likeness (QED) is 0.877. The van der Waals surface area contributed by atoms with Crippen molar-refractivity contribution in [3.05, 3.63) is 35.7 Å². The normalized spacial score (nSPS) is 14.2. The molecule has 2 N–H and O–H groups in total. The smallest absolute Gasteiger partial charge is 0.258 e. The first-order valence-electron chi connectivity index (χ1n) is 6.90. The van der Waals surface area contributed by atoms with Gasteiger partial charge in [0.05, 0.1) is 0 Å². The maximum Gasteiger partial charge on any atom is 0.258 e. The van der Waals surface area contributed by atoms with Gasteiger partial charge in [-0.1, -0.05) is 24.2 Å². The minimum Gasteiger partial charge on any atom is -0.367 e. The third-order valence-electron chi connectivity index (χ3n) is 3.47. The molecular weight excluding hydrogens is 254 g/mol. The van der Waals surface area contributed by atoms with E-state index < -0.39 is 5.60 Å². The molecule has 2 aromatic rings. The van der Waals surface area contributed by atoms with E-state index in [1.54, 1.807) is 0 Å². The second-order valence-corrected chi connectivity index (χ2v) is 4.84. The molecule has 0 radical (unpaired) electrons. The maximum absolute atomic E-state index is 5.75. The Balaban J connectivity index is 2.27. The van der Waals surface area contributed by atoms with E-state index in [0.717, 1.165) is 17.5 Å². The number of hydrogen-bond donors (Lipinski definition) is 1. The third kappa shape index (κ3) is 2.89. The summed E-state index contributed by atoms with van der Waals surface area (Å²) in [6.45, 7) is 7.11. The molecule has 0 aliphatic carbocycles. The van der Waals surface area contributed by atoms with Gasteiger partial charge in [-0.15, -0.1) is 0 Å². The van der Waals surface area contributed by atoms with Gasteiger partial charge in [0, 0.05) is 18.7 Å². The molecule has 0 aliphatic heterocycles. The van der Waals surface area contributed by atoms with Crippen LogP contribution in [0.4, 0.5) is 0 Å². The number of ether oxygens (including phenoxy) is 1. The summed E-state index contributed by atoms with van der Waals surface area (Å²) in [6.07, 6.45) is 0.784. The molecule has 1 unspecified atom stereocenters. The maximum atomic E-state index is 5.75. The lowest BCUT2D eigenvalue weighted by Gasteiger charge is -2.23. The van der Waals surface area contributed by atoms with Crippen LogP contribution in [0.3, 0.4) is 0 Å². The van der Waals surface area contributed by atoms with Crippen molar-refractivity contribution in [2.75, 3.05) is 6.61 Å². The molecule has 0 bridgehead atoms. The molecule has 0 fully saturated rings. The van der Waals surface area contributed by atoms with Crippen molar-refractivity contribution >= 4 is 0 Å². The minimum atomic E-state index is -0.506. The molecule has 0 saturated carbocycles. The topological polar surface area (TPSA) is 74.2 Å². The van der Waals surface area contributed by atoms with Crippen LogP contribution in [-0.2, 0) is 16.9 Å². The van der Waals surface area contributed by atoms with Crippen molar-refractivity contribution in [3.8, 4) is 11.5 Å². The SMILES string of the molecule is CCOC(C)(CC)c1noc(-c2ccc(CN)cc2)n1. The van der Waals surface area contributed by atoms with Crippen LogP contribution < -0.4 is 5.73 Å². The molecule has 0 amide bonds. The van der Waals surface area contributed by atoms with Crippen LogP contribution in [0.15, 0.2) is 28.8 Å². The van der Waals surface area contributed by atoms with E-state index in [2.05, 4.69) is 10.1 Å². The molecule has 1 heterocycles. The fourth-order valence-electron chi connectivity index (χ4n) is 1.98. The molecule has 2 rings (SSSR count). The molecule has 1 aromatic heterocycles. The summed E-state index contributed by atoms with van der Waals surface area (Å²) in [5, 5.41) is 4.06. The van der Waals surface area contributed by atoms with E-state index in [9.17, 15) is 0 Å². The Kier molecular flexibility index (Phi) is 4.52. The molecule has 20 heavy (non-hydrogen) atoms. The van der Waals surface area contributed by atoms with E-state index in [1.807, 2.05) is 45.0 Å². The summed E-state index contributed by atoms with van der Waals surface area (Å²) in [4.78, 5) is 4.46. The van der Waals surface area contributed by atoms with Gasteiger partial charge in [-0.3, -0.25) is 0 Å². The number of aromatic nitrogens is 2. The highest BCUT2D eigenvalue weighted by Gasteiger charge is 2.31. The van der Waals surface area contributed by atoms with E-state index in [-0.39, 0.29) is 0 Å². The molecule has 108 valence electrons. The lowest BCUT2D eigenvalue weighted by atomic mass is 10.0. The molecule has 1 atom stereocenters. The standard InChI is InChI=1S/C15H21N3O2/c1-4-15(3,19-5-2)14-17-13(20-18-14)12-8-6-11(10-16)7-9-12/h6-9H,4-5,10,16H2,1-3H3. The molecule has 0 aliphatic rings. The van der Waals surface area contributed by atoms with Crippen LogP contribution >= 0.6 is 0 Å². The highest BCUT2D eigenvalue weighted by atomic mass is 16.5. The van der Waals surface area contributed by atoms with Gasteiger partial charge in [-0.05, 0) is 38.0 Å². The van der Waals surface area contributed by atoms with Crippen molar-refractivity contribution in [1.29, 1.82) is 0 Å². The Labute approximate surface area is 119 Å². The molecular formula is C15H21N3O2. The first-order chi connectivity index (χ1) is 9.62. The van der Waals surface area contributed by atoms with Crippen LogP contribution in [0, 0.1) is 0 Å². The van der Waals surface area contributed by atoms with Crippen LogP contribution in [0.1, 0.15) is 38.6 Å². The average molecular weight is 275 g/mol. The van der Waals surface area contributed by atoms with Gasteiger partial charge >= 0.3 is 0 Å². The summed E-state index contributed by atoms with van der Waals surface area (Å²) in [5.74, 6) is 1.09. The zero-order chi connectivity index (χ0) is 14.6. The fourth-order valence-corrected chi connectivity index (χ4v) is 1.98. The fraction of sp³-hybridized carbons (Fsp3) is 0.467. The van der Waals surface area contributed by atoms with Crippen LogP contribution in [-0.4, -0.2) is 16.7 Å². The predicted octanol–water partition coefficient (Wildman–Crippen LogP) is 2.86. The molecule has 0 spiro atoms. The van der Waals surface area contributed by atoms with E-state index in [4.69, 9.17) is 15.0 Å². The predicted molar refractivity (Wildman–Crippen MR) is 76.9 cm³/mol. The summed E-state index contributed by atoms with van der Waals surface area (Å²) >= 11 is 0. The van der Waals surface area contributed by atoms with E-state index >= 15 is 0 Å². The van der Waals surface area contributed by atoms with Gasteiger partial charge < -0.3 is 15.0 Å². The molecule has 5 nitrogen and oxygen atoms in total. The number of hydrogen-bond acceptors (Lipinski definition) is 5. The summed E-state index contributed by atoms with van der Waals surface area (Å²) in [5.41, 5.74) is 7.03. The number of rotatable bonds is 6. The van der Waals surface area contributed by atoms with E-state index in [0.29, 0.717) is 24.9 Å². The summed E-state index contributed by atoms with van der Waals surface area (Å²) in [6, 6.07) is 7.79. The lowest BCUT2D eigenvalue weighted by molar-refractivity contribution is -0.0403. The Morgan fingerprint density at radius 3 is 2.50 bits per heavy atom. The van der Waals surface area contributed by atoms with Crippen LogP contribution in [0.2, 0.25) is 0 Å². The first-order valence-corrected chi connectivity index (χ1v) is 6.90. The summed E-state index contributed by atoms with van der Waals surface area (Å²) < 4.78 is 11.1. The van der Waals surface area contributed by atoms with Crippen LogP contribution in [0.5, 0.6) is 0 Å². The van der Waals surface area contributed by atoms with Crippen molar-refractivity contribution < 1.29 is 9.26 Å². The second kappa shape index (κ2) is 6.15. The van der Waals surface area contributed by atoms with Crippen molar-refractivity contribution in [2.45, 2.75) is 39.3 Å². The van der Waals surface area contributed by atoms with Crippen molar-refractivity contribution in [2.24, 2.45) is 5.73 Å². The monoisotopic (exact) mass is 275 g/mol. The van der Waals surface area contributed by atoms with Gasteiger partial charge in [0.25, 0.3) is 5.89 Å². The Morgan fingerprint density at radius 2 is 1.95 bits per heavy atom. The van der Waals surface area contributed by atoms with Crippen LogP contribution in [0.25, 0.3) is 11.5 Å². The number of nitrogens with two attached hydrogens (primary N) is 1. The number of nitrogens with zero attached hydrogens (tertiary/aromatic N) is 2. The van der Waals surface area contributed by atoms with Gasteiger partial charge in [0.15, 0.2) is 0 Å². The van der Waals surface area contributed by atoms with Crippen molar-refractivity contribution in [3.63, 3.8) is 0 Å². The Morgan fingerprint density at radius 1 is 1.25 bits per heavy atom. The molecule has 0 saturated heterocycles. The van der Waals surface area contributed by atoms with Gasteiger partial charge in [-0.25, -0.2) is 0 Å². The highest BCUT2D eigenvalue weighted by Crippen LogP contribution is 2.28. The lowest BCUT2D eigenvalue weighted by Crippen LogP contribution is -2.26. The first kappa shape index (κ1) is 14.7. The van der Waals surface area contributed by atoms with Crippen molar-refractivity contribution in [1.82, 2.24) is 10.1 Å². The largest absolute Gasteiger partial charge is 0.367 e. The summed E-state index contributed by atoms with van der Waals surface area (Å²) in [7, 11) is 0. The minimum absolute atomic E-state index is 0.503. The third-order valence-corrected chi connectivity index (χ3v) is 3.47. The molecule has 1 aromatic carbocycles. The van der Waals surface area contributed by atoms with E-state index in [1.165, 1.54) is 0 Å².